The number of nitrogens with one attached hydrogen (secondary N) is 1. The quantitative estimate of drug-likeness (QED) is 0.549. The summed E-state index contributed by atoms with van der Waals surface area (Å²) in [5.74, 6) is 3.32. The number of hydrogen-bond donors (Lipinski definition) is 1. The van der Waals surface area contributed by atoms with Crippen LogP contribution in [0.1, 0.15) is 38.2 Å². The molecular formula is C16H24ClNO. The Morgan fingerprint density at radius 2 is 2.11 bits per heavy atom. The Morgan fingerprint density at radius 1 is 1.26 bits per heavy atom. The van der Waals surface area contributed by atoms with Gasteiger partial charge in [-0.1, -0.05) is 44.2 Å². The molecule has 1 rings (SSSR count). The molecule has 0 amide bonds. The Morgan fingerprint density at radius 3 is 2.84 bits per heavy atom. The minimum absolute atomic E-state index is 0. The second-order valence-electron chi connectivity index (χ2n) is 4.38. The normalized spacial score (nSPS) is 9.47. The first-order valence-corrected chi connectivity index (χ1v) is 6.72. The molecule has 0 unspecified atom stereocenters. The van der Waals surface area contributed by atoms with Crippen LogP contribution in [0.15, 0.2) is 24.3 Å². The highest BCUT2D eigenvalue weighted by Crippen LogP contribution is 2.12. The third-order valence-corrected chi connectivity index (χ3v) is 2.76. The van der Waals surface area contributed by atoms with Crippen molar-refractivity contribution < 1.29 is 4.74 Å². The molecule has 2 nitrogen and oxygen atoms in total. The first-order valence-electron chi connectivity index (χ1n) is 6.72. The average Bonchev–Trinajstić information content (AvgIpc) is 2.41. The molecule has 0 heterocycles. The first-order chi connectivity index (χ1) is 8.86. The van der Waals surface area contributed by atoms with E-state index < -0.39 is 0 Å². The van der Waals surface area contributed by atoms with Gasteiger partial charge in [-0.05, 0) is 30.7 Å². The topological polar surface area (TPSA) is 21.3 Å². The Kier molecular flexibility index (Phi) is 11.2. The fraction of sp³-hybridized carbons (Fsp3) is 0.500. The smallest absolute Gasteiger partial charge is 0.148 e. The molecule has 1 aromatic carbocycles. The molecule has 0 fully saturated rings. The minimum Gasteiger partial charge on any atom is -0.481 e. The van der Waals surface area contributed by atoms with Crippen LogP contribution in [0.5, 0.6) is 5.75 Å². The summed E-state index contributed by atoms with van der Waals surface area (Å²) in [6.45, 7) is 4.53. The molecule has 0 spiro atoms. The fourth-order valence-corrected chi connectivity index (χ4v) is 1.78. The van der Waals surface area contributed by atoms with Crippen LogP contribution in [0.4, 0.5) is 0 Å². The van der Waals surface area contributed by atoms with Crippen LogP contribution in [0, 0.1) is 12.3 Å². The molecule has 0 atom stereocenters. The van der Waals surface area contributed by atoms with E-state index in [1.807, 2.05) is 18.2 Å². The van der Waals surface area contributed by atoms with Gasteiger partial charge in [-0.25, -0.2) is 0 Å². The van der Waals surface area contributed by atoms with Crippen LogP contribution in [0.2, 0.25) is 0 Å². The van der Waals surface area contributed by atoms with E-state index >= 15 is 0 Å². The highest BCUT2D eigenvalue weighted by molar-refractivity contribution is 5.85. The van der Waals surface area contributed by atoms with Gasteiger partial charge < -0.3 is 10.1 Å². The third kappa shape index (κ3) is 8.53. The monoisotopic (exact) mass is 281 g/mol. The zero-order valence-electron chi connectivity index (χ0n) is 11.7. The van der Waals surface area contributed by atoms with E-state index in [-0.39, 0.29) is 12.4 Å². The predicted octanol–water partition coefficient (Wildman–Crippen LogP) is 3.79. The molecule has 19 heavy (non-hydrogen) atoms. The summed E-state index contributed by atoms with van der Waals surface area (Å²) < 4.78 is 5.39. The summed E-state index contributed by atoms with van der Waals surface area (Å²) in [5.41, 5.74) is 1.24. The molecule has 1 N–H and O–H groups in total. The highest BCUT2D eigenvalue weighted by atomic mass is 35.5. The third-order valence-electron chi connectivity index (χ3n) is 2.76. The Hall–Kier alpha value is -1.17. The Balaban J connectivity index is 0.00000324. The van der Waals surface area contributed by atoms with Gasteiger partial charge in [-0.15, -0.1) is 18.8 Å². The second-order valence-corrected chi connectivity index (χ2v) is 4.38. The predicted molar refractivity (Wildman–Crippen MR) is 83.9 cm³/mol. The zero-order chi connectivity index (χ0) is 13.1. The van der Waals surface area contributed by atoms with Gasteiger partial charge >= 0.3 is 0 Å². The lowest BCUT2D eigenvalue weighted by molar-refractivity contribution is 0.370. The van der Waals surface area contributed by atoms with Gasteiger partial charge in [0.15, 0.2) is 0 Å². The van der Waals surface area contributed by atoms with Crippen molar-refractivity contribution in [2.45, 2.75) is 39.2 Å². The van der Waals surface area contributed by atoms with Crippen molar-refractivity contribution in [3.05, 3.63) is 29.8 Å². The maximum absolute atomic E-state index is 5.39. The number of halogens is 1. The summed E-state index contributed by atoms with van der Waals surface area (Å²) in [4.78, 5) is 0. The highest BCUT2D eigenvalue weighted by Gasteiger charge is 1.96. The molecule has 1 aromatic rings. The van der Waals surface area contributed by atoms with Crippen LogP contribution < -0.4 is 10.1 Å². The first kappa shape index (κ1) is 17.8. The SMILES string of the molecule is C#CCOc1cccc(CNCCCCCC)c1.Cl. The van der Waals surface area contributed by atoms with E-state index in [0.717, 1.165) is 18.8 Å². The maximum atomic E-state index is 5.39. The molecule has 0 saturated carbocycles. The van der Waals surface area contributed by atoms with Crippen molar-refractivity contribution in [2.24, 2.45) is 0 Å². The number of unbranched alkanes of at least 4 members (excludes halogenated alkanes) is 3. The average molecular weight is 282 g/mol. The summed E-state index contributed by atoms with van der Waals surface area (Å²) in [6.07, 6.45) is 10.3. The van der Waals surface area contributed by atoms with Gasteiger partial charge in [0.2, 0.25) is 0 Å². The molecule has 0 aliphatic heterocycles. The zero-order valence-corrected chi connectivity index (χ0v) is 12.5. The van der Waals surface area contributed by atoms with Crippen LogP contribution in [0.25, 0.3) is 0 Å². The summed E-state index contributed by atoms with van der Waals surface area (Å²) in [7, 11) is 0. The van der Waals surface area contributed by atoms with Crippen molar-refractivity contribution >= 4 is 12.4 Å². The summed E-state index contributed by atoms with van der Waals surface area (Å²) in [6, 6.07) is 8.07. The van der Waals surface area contributed by atoms with E-state index in [1.54, 1.807) is 0 Å². The van der Waals surface area contributed by atoms with E-state index in [9.17, 15) is 0 Å². The van der Waals surface area contributed by atoms with Crippen LogP contribution in [-0.2, 0) is 6.54 Å². The summed E-state index contributed by atoms with van der Waals surface area (Å²) >= 11 is 0. The van der Waals surface area contributed by atoms with Gasteiger partial charge in [-0.3, -0.25) is 0 Å². The van der Waals surface area contributed by atoms with Gasteiger partial charge in [0.25, 0.3) is 0 Å². The molecule has 0 bridgehead atoms. The van der Waals surface area contributed by atoms with Gasteiger partial charge in [-0.2, -0.15) is 0 Å². The number of benzene rings is 1. The van der Waals surface area contributed by atoms with E-state index in [0.29, 0.717) is 6.61 Å². The number of terminal acetylenes is 1. The summed E-state index contributed by atoms with van der Waals surface area (Å²) in [5, 5.41) is 3.45. The van der Waals surface area contributed by atoms with Crippen molar-refractivity contribution in [2.75, 3.05) is 13.2 Å². The maximum Gasteiger partial charge on any atom is 0.148 e. The molecular weight excluding hydrogens is 258 g/mol. The lowest BCUT2D eigenvalue weighted by atomic mass is 10.2. The molecule has 3 heteroatoms. The molecule has 0 aliphatic carbocycles. The fourth-order valence-electron chi connectivity index (χ4n) is 1.78. The molecule has 0 radical (unpaired) electrons. The molecule has 0 aliphatic rings. The van der Waals surface area contributed by atoms with Crippen molar-refractivity contribution in [1.82, 2.24) is 5.32 Å². The van der Waals surface area contributed by atoms with E-state index in [1.165, 1.54) is 31.2 Å². The van der Waals surface area contributed by atoms with Crippen molar-refractivity contribution in [1.29, 1.82) is 0 Å². The molecule has 106 valence electrons. The number of ether oxygens (including phenoxy) is 1. The molecule has 0 saturated heterocycles. The second kappa shape index (κ2) is 11.9. The van der Waals surface area contributed by atoms with Gasteiger partial charge in [0.05, 0.1) is 0 Å². The van der Waals surface area contributed by atoms with Crippen LogP contribution in [0.3, 0.4) is 0 Å². The number of rotatable bonds is 9. The van der Waals surface area contributed by atoms with Gasteiger partial charge in [0.1, 0.15) is 12.4 Å². The lowest BCUT2D eigenvalue weighted by Gasteiger charge is -2.07. The Bertz CT molecular complexity index is 373. The Labute approximate surface area is 123 Å². The lowest BCUT2D eigenvalue weighted by Crippen LogP contribution is -2.14. The number of hydrogen-bond acceptors (Lipinski definition) is 2. The minimum atomic E-state index is 0. The van der Waals surface area contributed by atoms with Crippen LogP contribution >= 0.6 is 12.4 Å². The van der Waals surface area contributed by atoms with Crippen molar-refractivity contribution in [3.8, 4) is 18.1 Å². The van der Waals surface area contributed by atoms with E-state index in [4.69, 9.17) is 11.2 Å². The standard InChI is InChI=1S/C16H23NO.ClH/c1-3-5-6-7-11-17-14-15-9-8-10-16(13-15)18-12-4-2;/h2,8-10,13,17H,3,5-7,11-12,14H2,1H3;1H. The van der Waals surface area contributed by atoms with Crippen LogP contribution in [-0.4, -0.2) is 13.2 Å². The largest absolute Gasteiger partial charge is 0.481 e. The molecule has 0 aromatic heterocycles. The van der Waals surface area contributed by atoms with Gasteiger partial charge in [0, 0.05) is 6.54 Å². The van der Waals surface area contributed by atoms with Crippen molar-refractivity contribution in [3.63, 3.8) is 0 Å². The van der Waals surface area contributed by atoms with E-state index in [2.05, 4.69) is 24.2 Å².